The third-order valence-electron chi connectivity index (χ3n) is 4.30. The van der Waals surface area contributed by atoms with E-state index >= 15 is 0 Å². The number of nitrogens with one attached hydrogen (secondary N) is 1. The highest BCUT2D eigenvalue weighted by molar-refractivity contribution is 8.00. The average Bonchev–Trinajstić information content (AvgIpc) is 3.03. The molecule has 5 nitrogen and oxygen atoms in total. The molecule has 0 spiro atoms. The Hall–Kier alpha value is -1.74. The summed E-state index contributed by atoms with van der Waals surface area (Å²) in [6, 6.07) is 5.78. The highest BCUT2D eigenvalue weighted by Gasteiger charge is 2.47. The molecule has 2 amide bonds. The molecule has 1 aromatic carbocycles. The molecule has 1 N–H and O–H groups in total. The molecule has 25 heavy (non-hydrogen) atoms. The second-order valence-corrected chi connectivity index (χ2v) is 7.29. The van der Waals surface area contributed by atoms with Gasteiger partial charge in [-0.25, -0.2) is 0 Å². The maximum Gasteiger partial charge on any atom is 0.413 e. The molecule has 0 aliphatic carbocycles. The largest absolute Gasteiger partial charge is 0.413 e. The van der Waals surface area contributed by atoms with Crippen LogP contribution in [0.15, 0.2) is 24.3 Å². The lowest BCUT2D eigenvalue weighted by Gasteiger charge is -2.41. The highest BCUT2D eigenvalue weighted by Crippen LogP contribution is 2.38. The topological polar surface area (TPSA) is 52.7 Å². The number of hydrogen-bond donors (Lipinski definition) is 1. The van der Waals surface area contributed by atoms with Gasteiger partial charge in [-0.1, -0.05) is 12.1 Å². The van der Waals surface area contributed by atoms with E-state index in [-0.39, 0.29) is 24.2 Å². The summed E-state index contributed by atoms with van der Waals surface area (Å²) >= 11 is 0.689. The number of hydrogen-bond acceptors (Lipinski definition) is 4. The zero-order valence-electron chi connectivity index (χ0n) is 13.7. The SMILES string of the molecule is CC(=O)N1c2ccccc2N(C(=O)C2CSC(C(F)(F)F)N2)C[C@@H]1C. The van der Waals surface area contributed by atoms with Crippen molar-refractivity contribution < 1.29 is 22.8 Å². The first-order valence-electron chi connectivity index (χ1n) is 7.84. The molecule has 3 rings (SSSR count). The standard InChI is InChI=1S/C16H18F3N3O2S/c1-9-7-21(12-5-3-4-6-13(12)22(9)10(2)23)14(24)11-8-25-15(20-11)16(17,18)19/h3-6,9,11,15,20H,7-8H2,1-2H3/t9-,11?,15?/m0/s1. The quantitative estimate of drug-likeness (QED) is 0.821. The lowest BCUT2D eigenvalue weighted by atomic mass is 10.1. The number of halogens is 3. The van der Waals surface area contributed by atoms with Crippen LogP contribution in [0, 0.1) is 0 Å². The van der Waals surface area contributed by atoms with Gasteiger partial charge >= 0.3 is 6.18 Å². The molecule has 3 atom stereocenters. The average molecular weight is 373 g/mol. The Morgan fingerprint density at radius 1 is 1.24 bits per heavy atom. The van der Waals surface area contributed by atoms with E-state index in [4.69, 9.17) is 0 Å². The van der Waals surface area contributed by atoms with Crippen LogP contribution in [0.25, 0.3) is 0 Å². The van der Waals surface area contributed by atoms with Gasteiger partial charge < -0.3 is 9.80 Å². The predicted octanol–water partition coefficient (Wildman–Crippen LogP) is 2.37. The molecular formula is C16H18F3N3O2S. The molecule has 1 saturated heterocycles. The smallest absolute Gasteiger partial charge is 0.307 e. The van der Waals surface area contributed by atoms with Crippen LogP contribution in [-0.2, 0) is 9.59 Å². The molecule has 2 unspecified atom stereocenters. The Bertz CT molecular complexity index is 697. The summed E-state index contributed by atoms with van der Waals surface area (Å²) in [6.07, 6.45) is -4.39. The number of para-hydroxylation sites is 2. The van der Waals surface area contributed by atoms with Crippen molar-refractivity contribution in [1.82, 2.24) is 5.32 Å². The number of benzene rings is 1. The molecule has 2 aliphatic rings. The Kier molecular flexibility index (Phi) is 4.72. The number of rotatable bonds is 1. The van der Waals surface area contributed by atoms with Crippen molar-refractivity contribution in [2.24, 2.45) is 0 Å². The van der Waals surface area contributed by atoms with Crippen LogP contribution in [0.2, 0.25) is 0 Å². The molecule has 136 valence electrons. The second kappa shape index (κ2) is 6.53. The summed E-state index contributed by atoms with van der Waals surface area (Å²) < 4.78 is 38.5. The van der Waals surface area contributed by atoms with Gasteiger partial charge in [-0.05, 0) is 19.1 Å². The van der Waals surface area contributed by atoms with Crippen LogP contribution in [0.4, 0.5) is 24.5 Å². The number of nitrogens with zero attached hydrogens (tertiary/aromatic N) is 2. The molecule has 0 radical (unpaired) electrons. The summed E-state index contributed by atoms with van der Waals surface area (Å²) in [5, 5.41) is 0.645. The van der Waals surface area contributed by atoms with Gasteiger partial charge in [0.1, 0.15) is 0 Å². The summed E-state index contributed by atoms with van der Waals surface area (Å²) in [5.41, 5.74) is 1.14. The van der Waals surface area contributed by atoms with E-state index in [0.29, 0.717) is 23.1 Å². The first kappa shape index (κ1) is 18.1. The number of carbonyl (C=O) groups excluding carboxylic acids is 2. The fourth-order valence-electron chi connectivity index (χ4n) is 3.26. The molecular weight excluding hydrogens is 355 g/mol. The highest BCUT2D eigenvalue weighted by atomic mass is 32.2. The van der Waals surface area contributed by atoms with Crippen LogP contribution >= 0.6 is 11.8 Å². The minimum Gasteiger partial charge on any atom is -0.307 e. The van der Waals surface area contributed by atoms with Crippen molar-refractivity contribution in [2.45, 2.75) is 37.5 Å². The Balaban J connectivity index is 1.87. The fraction of sp³-hybridized carbons (Fsp3) is 0.500. The minimum atomic E-state index is -4.39. The van der Waals surface area contributed by atoms with Crippen LogP contribution in [0.3, 0.4) is 0 Å². The molecule has 2 heterocycles. The monoisotopic (exact) mass is 373 g/mol. The molecule has 0 saturated carbocycles. The third kappa shape index (κ3) is 3.35. The second-order valence-electron chi connectivity index (χ2n) is 6.15. The van der Waals surface area contributed by atoms with E-state index in [2.05, 4.69) is 5.32 Å². The van der Waals surface area contributed by atoms with E-state index in [0.717, 1.165) is 0 Å². The zero-order chi connectivity index (χ0) is 18.4. The van der Waals surface area contributed by atoms with E-state index in [1.807, 2.05) is 6.92 Å². The van der Waals surface area contributed by atoms with Crippen LogP contribution < -0.4 is 15.1 Å². The van der Waals surface area contributed by atoms with Gasteiger partial charge in [0, 0.05) is 19.2 Å². The normalized spacial score (nSPS) is 26.5. The van der Waals surface area contributed by atoms with Crippen LogP contribution in [0.1, 0.15) is 13.8 Å². The molecule has 1 aromatic rings. The maximum atomic E-state index is 12.8. The van der Waals surface area contributed by atoms with Gasteiger partial charge in [0.2, 0.25) is 11.8 Å². The van der Waals surface area contributed by atoms with E-state index in [1.165, 1.54) is 11.8 Å². The van der Waals surface area contributed by atoms with E-state index < -0.39 is 23.5 Å². The number of alkyl halides is 3. The van der Waals surface area contributed by atoms with Crippen LogP contribution in [0.5, 0.6) is 0 Å². The number of amides is 2. The maximum absolute atomic E-state index is 12.8. The molecule has 1 fully saturated rings. The summed E-state index contributed by atoms with van der Waals surface area (Å²) in [4.78, 5) is 27.9. The third-order valence-corrected chi connectivity index (χ3v) is 5.56. The minimum absolute atomic E-state index is 0.0620. The van der Waals surface area contributed by atoms with Gasteiger partial charge in [0.05, 0.1) is 23.5 Å². The zero-order valence-corrected chi connectivity index (χ0v) is 14.5. The lowest BCUT2D eigenvalue weighted by Crippen LogP contribution is -2.56. The van der Waals surface area contributed by atoms with Gasteiger partial charge in [0.25, 0.3) is 0 Å². The number of anilines is 2. The predicted molar refractivity (Wildman–Crippen MR) is 90.6 cm³/mol. The molecule has 0 bridgehead atoms. The number of fused-ring (bicyclic) bond motifs is 1. The van der Waals surface area contributed by atoms with Crippen molar-refractivity contribution in [3.05, 3.63) is 24.3 Å². The summed E-state index contributed by atoms with van der Waals surface area (Å²) in [5.74, 6) is -0.479. The fourth-order valence-corrected chi connectivity index (χ4v) is 4.33. The Labute approximate surface area is 147 Å². The van der Waals surface area contributed by atoms with Crippen molar-refractivity contribution in [3.8, 4) is 0 Å². The Morgan fingerprint density at radius 3 is 2.44 bits per heavy atom. The molecule has 9 heteroatoms. The number of thioether (sulfide) groups is 1. The first-order valence-corrected chi connectivity index (χ1v) is 8.89. The lowest BCUT2D eigenvalue weighted by molar-refractivity contribution is -0.136. The van der Waals surface area contributed by atoms with E-state index in [1.54, 1.807) is 29.2 Å². The van der Waals surface area contributed by atoms with Crippen molar-refractivity contribution in [2.75, 3.05) is 22.1 Å². The number of carbonyl (C=O) groups is 2. The van der Waals surface area contributed by atoms with Gasteiger partial charge in [0.15, 0.2) is 5.37 Å². The van der Waals surface area contributed by atoms with Gasteiger partial charge in [-0.3, -0.25) is 14.9 Å². The van der Waals surface area contributed by atoms with Gasteiger partial charge in [-0.15, -0.1) is 11.8 Å². The molecule has 0 aromatic heterocycles. The van der Waals surface area contributed by atoms with Gasteiger partial charge in [-0.2, -0.15) is 13.2 Å². The van der Waals surface area contributed by atoms with Crippen LogP contribution in [-0.4, -0.2) is 47.7 Å². The van der Waals surface area contributed by atoms with Crippen molar-refractivity contribution in [3.63, 3.8) is 0 Å². The Morgan fingerprint density at radius 2 is 1.88 bits per heavy atom. The first-order chi connectivity index (χ1) is 11.7. The van der Waals surface area contributed by atoms with E-state index in [9.17, 15) is 22.8 Å². The molecule has 2 aliphatic heterocycles. The van der Waals surface area contributed by atoms with Crippen molar-refractivity contribution in [1.29, 1.82) is 0 Å². The summed E-state index contributed by atoms with van der Waals surface area (Å²) in [7, 11) is 0. The summed E-state index contributed by atoms with van der Waals surface area (Å²) in [6.45, 7) is 3.51. The van der Waals surface area contributed by atoms with Crippen molar-refractivity contribution >= 4 is 35.0 Å².